The monoisotopic (exact) mass is 423 g/mol. The van der Waals surface area contributed by atoms with Gasteiger partial charge < -0.3 is 16.6 Å². The number of primary amides is 1. The van der Waals surface area contributed by atoms with Crippen LogP contribution in [0.2, 0.25) is 0 Å². The predicted octanol–water partition coefficient (Wildman–Crippen LogP) is 4.20. The molecule has 0 atom stereocenters. The first kappa shape index (κ1) is 22.1. The summed E-state index contributed by atoms with van der Waals surface area (Å²) >= 11 is 0. The largest absolute Gasteiger partial charge is 0.507 e. The predicted molar refractivity (Wildman–Crippen MR) is 118 cm³/mol. The molecule has 1 fully saturated rings. The van der Waals surface area contributed by atoms with Gasteiger partial charge >= 0.3 is 0 Å². The van der Waals surface area contributed by atoms with Crippen molar-refractivity contribution in [2.24, 2.45) is 5.73 Å². The van der Waals surface area contributed by atoms with Gasteiger partial charge in [0.2, 0.25) is 0 Å². The number of carbonyl (C=O) groups excluding carboxylic acids is 1. The number of fused-ring (bicyclic) bond motifs is 1. The number of hydrogen-bond donors (Lipinski definition) is 3. The van der Waals surface area contributed by atoms with Crippen molar-refractivity contribution in [2.75, 3.05) is 5.73 Å². The maximum Gasteiger partial charge on any atom is 0.253 e. The average molecular weight is 423 g/mol. The number of benzene rings is 1. The third-order valence-corrected chi connectivity index (χ3v) is 5.54. The number of carbonyl (C=O) groups is 1. The summed E-state index contributed by atoms with van der Waals surface area (Å²) in [6, 6.07) is 3.24. The maximum absolute atomic E-state index is 14.6. The summed E-state index contributed by atoms with van der Waals surface area (Å²) in [7, 11) is 0. The molecule has 0 bridgehead atoms. The summed E-state index contributed by atoms with van der Waals surface area (Å²) < 4.78 is 16.0. The van der Waals surface area contributed by atoms with Gasteiger partial charge in [-0.15, -0.1) is 0 Å². The molecule has 1 saturated carbocycles. The minimum absolute atomic E-state index is 0.0125. The number of amides is 1. The topological polar surface area (TPSA) is 131 Å². The highest BCUT2D eigenvalue weighted by Gasteiger charge is 2.33. The van der Waals surface area contributed by atoms with Gasteiger partial charge in [0.15, 0.2) is 0 Å². The number of nitriles is 1. The molecule has 1 amide bonds. The summed E-state index contributed by atoms with van der Waals surface area (Å²) in [5.41, 5.74) is 14.2. The van der Waals surface area contributed by atoms with Crippen LogP contribution in [0, 0.1) is 24.1 Å². The van der Waals surface area contributed by atoms with Crippen LogP contribution >= 0.6 is 0 Å². The summed E-state index contributed by atoms with van der Waals surface area (Å²) in [6.07, 6.45) is 3.73. The fourth-order valence-corrected chi connectivity index (χ4v) is 4.00. The van der Waals surface area contributed by atoms with Crippen molar-refractivity contribution in [1.29, 1.82) is 5.26 Å². The smallest absolute Gasteiger partial charge is 0.253 e. The second kappa shape index (κ2) is 8.26. The lowest BCUT2D eigenvalue weighted by molar-refractivity contribution is 0.100. The molecule has 5 N–H and O–H groups in total. The van der Waals surface area contributed by atoms with Crippen LogP contribution in [-0.4, -0.2) is 20.6 Å². The van der Waals surface area contributed by atoms with Gasteiger partial charge in [0, 0.05) is 34.7 Å². The number of rotatable bonds is 4. The molecule has 0 radical (unpaired) electrons. The van der Waals surface area contributed by atoms with Crippen molar-refractivity contribution in [3.63, 3.8) is 0 Å². The Morgan fingerprint density at radius 3 is 2.58 bits per heavy atom. The minimum atomic E-state index is -0.771. The Balaban J connectivity index is 0.00000132. The van der Waals surface area contributed by atoms with Crippen molar-refractivity contribution >= 4 is 22.6 Å². The van der Waals surface area contributed by atoms with Gasteiger partial charge in [-0.05, 0) is 26.2 Å². The number of nitrogens with zero attached hydrogens (tertiary/aromatic N) is 3. The van der Waals surface area contributed by atoms with Crippen LogP contribution in [0.25, 0.3) is 16.6 Å². The highest BCUT2D eigenvalue weighted by Crippen LogP contribution is 2.44. The molecular weight excluding hydrogens is 397 g/mol. The number of nitrogens with two attached hydrogens (primary N) is 2. The van der Waals surface area contributed by atoms with Crippen molar-refractivity contribution in [3.05, 3.63) is 46.0 Å². The number of aromatic nitrogens is 2. The fourth-order valence-electron chi connectivity index (χ4n) is 4.00. The van der Waals surface area contributed by atoms with Gasteiger partial charge in [-0.2, -0.15) is 5.26 Å². The number of pyridine rings is 1. The van der Waals surface area contributed by atoms with Crippen LogP contribution in [0.5, 0.6) is 5.75 Å². The van der Waals surface area contributed by atoms with Crippen LogP contribution in [-0.2, 0) is 6.42 Å². The lowest BCUT2D eigenvalue weighted by atomic mass is 10.0. The normalized spacial score (nSPS) is 12.9. The first-order valence-corrected chi connectivity index (χ1v) is 10.4. The molecule has 1 aromatic carbocycles. The van der Waals surface area contributed by atoms with E-state index in [0.717, 1.165) is 18.9 Å². The number of phenols is 1. The molecule has 162 valence electrons. The molecule has 8 heteroatoms. The van der Waals surface area contributed by atoms with Gasteiger partial charge in [-0.3, -0.25) is 14.3 Å². The number of aromatic hydroxyl groups is 1. The molecule has 7 nitrogen and oxygen atoms in total. The zero-order valence-electron chi connectivity index (χ0n) is 18.1. The van der Waals surface area contributed by atoms with Crippen molar-refractivity contribution in [1.82, 2.24) is 9.55 Å². The maximum atomic E-state index is 14.6. The van der Waals surface area contributed by atoms with Gasteiger partial charge in [-0.25, -0.2) is 4.39 Å². The molecule has 2 aromatic heterocycles. The van der Waals surface area contributed by atoms with E-state index < -0.39 is 11.7 Å². The number of halogens is 1. The summed E-state index contributed by atoms with van der Waals surface area (Å²) in [4.78, 5) is 16.6. The van der Waals surface area contributed by atoms with E-state index in [9.17, 15) is 19.6 Å². The van der Waals surface area contributed by atoms with E-state index in [1.165, 1.54) is 10.8 Å². The Hall–Kier alpha value is -3.60. The van der Waals surface area contributed by atoms with Gasteiger partial charge in [0.05, 0.1) is 28.0 Å². The van der Waals surface area contributed by atoms with E-state index in [0.29, 0.717) is 34.3 Å². The summed E-state index contributed by atoms with van der Waals surface area (Å²) in [6.45, 7) is 7.38. The fraction of sp³-hybridized carbons (Fsp3) is 0.348. The molecule has 1 aliphatic carbocycles. The van der Waals surface area contributed by atoms with Gasteiger partial charge in [0.1, 0.15) is 23.5 Å². The average Bonchev–Trinajstić information content (AvgIpc) is 3.54. The Morgan fingerprint density at radius 1 is 1.42 bits per heavy atom. The number of hydrogen-bond acceptors (Lipinski definition) is 5. The summed E-state index contributed by atoms with van der Waals surface area (Å²) in [5.74, 6) is -1.45. The van der Waals surface area contributed by atoms with Gasteiger partial charge in [0.25, 0.3) is 5.91 Å². The Morgan fingerprint density at radius 2 is 2.06 bits per heavy atom. The second-order valence-electron chi connectivity index (χ2n) is 7.31. The van der Waals surface area contributed by atoms with Gasteiger partial charge in [-0.1, -0.05) is 20.8 Å². The summed E-state index contributed by atoms with van der Waals surface area (Å²) in [5, 5.41) is 20.6. The third kappa shape index (κ3) is 3.36. The van der Waals surface area contributed by atoms with Crippen LogP contribution in [0.15, 0.2) is 12.3 Å². The minimum Gasteiger partial charge on any atom is -0.507 e. The molecule has 31 heavy (non-hydrogen) atoms. The molecule has 0 aliphatic heterocycles. The molecule has 4 rings (SSSR count). The van der Waals surface area contributed by atoms with Crippen molar-refractivity contribution in [2.45, 2.75) is 52.9 Å². The highest BCUT2D eigenvalue weighted by atomic mass is 19.1. The standard InChI is InChI=1S/C21H20FN5O2.C2H6/c1-3-11-15(28)6-14(22)9(2)18(11)27-19-12(7-23)17(10-4-5-10)26-8-13(19)16(20(27)24)21(25)29;1-2/h6,8,10,28H,3-5,24H2,1-2H3,(H2,25,29);1-2H3. The van der Waals surface area contributed by atoms with E-state index in [4.69, 9.17) is 11.5 Å². The highest BCUT2D eigenvalue weighted by molar-refractivity contribution is 6.12. The first-order valence-electron chi connectivity index (χ1n) is 10.4. The zero-order chi connectivity index (χ0) is 23.0. The van der Waals surface area contributed by atoms with Crippen LogP contribution in [0.3, 0.4) is 0 Å². The quantitative estimate of drug-likeness (QED) is 0.579. The zero-order valence-corrected chi connectivity index (χ0v) is 18.1. The Bertz CT molecular complexity index is 1240. The number of phenolic OH excluding ortho intramolecular Hbond substituents is 1. The molecule has 1 aliphatic rings. The van der Waals surface area contributed by atoms with E-state index >= 15 is 0 Å². The molecule has 0 saturated heterocycles. The Kier molecular flexibility index (Phi) is 5.89. The van der Waals surface area contributed by atoms with Crippen LogP contribution < -0.4 is 11.5 Å². The van der Waals surface area contributed by atoms with Crippen LogP contribution in [0.4, 0.5) is 10.2 Å². The lowest BCUT2D eigenvalue weighted by Gasteiger charge is -2.18. The van der Waals surface area contributed by atoms with Crippen molar-refractivity contribution < 1.29 is 14.3 Å². The molecule has 3 aromatic rings. The first-order chi connectivity index (χ1) is 14.8. The van der Waals surface area contributed by atoms with E-state index in [1.54, 1.807) is 6.92 Å². The second-order valence-corrected chi connectivity index (χ2v) is 7.31. The van der Waals surface area contributed by atoms with E-state index in [1.807, 2.05) is 20.8 Å². The molecule has 0 unspecified atom stereocenters. The number of nitrogen functional groups attached to an aromatic ring is 1. The Labute approximate surface area is 180 Å². The third-order valence-electron chi connectivity index (χ3n) is 5.54. The van der Waals surface area contributed by atoms with E-state index in [-0.39, 0.29) is 34.2 Å². The molecule has 2 heterocycles. The van der Waals surface area contributed by atoms with Crippen LogP contribution in [0.1, 0.15) is 72.3 Å². The SMILES string of the molecule is CC.CCc1c(O)cc(F)c(C)c1-n1c(N)c(C(N)=O)c2cnc(C3CC3)c(C#N)c21. The lowest BCUT2D eigenvalue weighted by Crippen LogP contribution is -2.14. The molecule has 0 spiro atoms. The van der Waals surface area contributed by atoms with E-state index in [2.05, 4.69) is 11.1 Å². The molecular formula is C23H26FN5O2. The number of anilines is 1. The van der Waals surface area contributed by atoms with Crippen molar-refractivity contribution in [3.8, 4) is 17.5 Å².